The van der Waals surface area contributed by atoms with Crippen molar-refractivity contribution in [1.29, 1.82) is 5.26 Å². The summed E-state index contributed by atoms with van der Waals surface area (Å²) in [5.74, 6) is -4.15. The lowest BCUT2D eigenvalue weighted by atomic mass is 9.90. The molecule has 1 unspecified atom stereocenters. The van der Waals surface area contributed by atoms with Crippen LogP contribution in [0.5, 0.6) is 0 Å². The van der Waals surface area contributed by atoms with E-state index in [1.165, 1.54) is 25.1 Å². The number of aryl methyl sites for hydroxylation is 1. The lowest BCUT2D eigenvalue weighted by molar-refractivity contribution is 0.0970. The Kier molecular flexibility index (Phi) is 4.35. The molecule has 21 heavy (non-hydrogen) atoms. The predicted octanol–water partition coefficient (Wildman–Crippen LogP) is 4.42. The van der Waals surface area contributed by atoms with Crippen molar-refractivity contribution in [3.05, 3.63) is 69.7 Å². The molecule has 0 aliphatic rings. The molecule has 0 aromatic heterocycles. The van der Waals surface area contributed by atoms with Crippen LogP contribution in [0.15, 0.2) is 36.4 Å². The van der Waals surface area contributed by atoms with E-state index in [9.17, 15) is 18.8 Å². The van der Waals surface area contributed by atoms with Gasteiger partial charge in [0.2, 0.25) is 0 Å². The van der Waals surface area contributed by atoms with E-state index in [4.69, 9.17) is 11.6 Å². The van der Waals surface area contributed by atoms with Crippen LogP contribution in [0.3, 0.4) is 0 Å². The Bertz CT molecular complexity index is 752. The summed E-state index contributed by atoms with van der Waals surface area (Å²) in [4.78, 5) is 12.3. The van der Waals surface area contributed by atoms with Gasteiger partial charge < -0.3 is 0 Å². The zero-order valence-electron chi connectivity index (χ0n) is 11.0. The van der Waals surface area contributed by atoms with Gasteiger partial charge in [0.15, 0.2) is 5.78 Å². The van der Waals surface area contributed by atoms with Gasteiger partial charge in [-0.15, -0.1) is 0 Å². The average Bonchev–Trinajstić information content (AvgIpc) is 2.44. The van der Waals surface area contributed by atoms with Gasteiger partial charge in [-0.1, -0.05) is 29.8 Å². The number of Topliss-reactive ketones (excluding diaryl/α,β-unsaturated/α-hetero) is 1. The first-order valence-corrected chi connectivity index (χ1v) is 6.47. The first-order valence-electron chi connectivity index (χ1n) is 6.09. The molecule has 2 aromatic carbocycles. The second-order valence-electron chi connectivity index (χ2n) is 4.53. The molecular weight excluding hydrogens is 296 g/mol. The molecule has 0 saturated heterocycles. The summed E-state index contributed by atoms with van der Waals surface area (Å²) < 4.78 is 27.8. The maximum atomic E-state index is 14.0. The predicted molar refractivity (Wildman–Crippen MR) is 75.2 cm³/mol. The first kappa shape index (κ1) is 15.1. The number of halogens is 3. The average molecular weight is 306 g/mol. The van der Waals surface area contributed by atoms with Crippen LogP contribution in [0.25, 0.3) is 0 Å². The molecule has 0 aliphatic heterocycles. The fraction of sp³-hybridized carbons (Fsp3) is 0.125. The minimum absolute atomic E-state index is 0.141. The van der Waals surface area contributed by atoms with E-state index in [1.807, 2.05) is 0 Å². The van der Waals surface area contributed by atoms with E-state index >= 15 is 0 Å². The third-order valence-corrected chi connectivity index (χ3v) is 3.34. The van der Waals surface area contributed by atoms with Crippen molar-refractivity contribution in [3.63, 3.8) is 0 Å². The number of hydrogen-bond donors (Lipinski definition) is 0. The maximum absolute atomic E-state index is 14.0. The van der Waals surface area contributed by atoms with Crippen molar-refractivity contribution in [1.82, 2.24) is 0 Å². The Labute approximate surface area is 125 Å². The standard InChI is InChI=1S/C16H10ClF2NO/c1-9-5-6-13(18)14(15(9)19)16(21)12(8-20)10-3-2-4-11(17)7-10/h2-7,12H,1H3. The zero-order chi connectivity index (χ0) is 15.6. The maximum Gasteiger partial charge on any atom is 0.190 e. The van der Waals surface area contributed by atoms with E-state index in [0.29, 0.717) is 10.6 Å². The lowest BCUT2D eigenvalue weighted by Gasteiger charge is -2.11. The van der Waals surface area contributed by atoms with Crippen LogP contribution < -0.4 is 0 Å². The van der Waals surface area contributed by atoms with Crippen molar-refractivity contribution >= 4 is 17.4 Å². The molecule has 106 valence electrons. The Morgan fingerprint density at radius 1 is 1.29 bits per heavy atom. The Balaban J connectivity index is 2.53. The van der Waals surface area contributed by atoms with E-state index in [-0.39, 0.29) is 5.56 Å². The molecule has 5 heteroatoms. The molecule has 2 nitrogen and oxygen atoms in total. The third kappa shape index (κ3) is 2.93. The molecule has 0 spiro atoms. The smallest absolute Gasteiger partial charge is 0.190 e. The van der Waals surface area contributed by atoms with Gasteiger partial charge in [-0.2, -0.15) is 5.26 Å². The van der Waals surface area contributed by atoms with Crippen LogP contribution in [0.1, 0.15) is 27.4 Å². The fourth-order valence-electron chi connectivity index (χ4n) is 2.00. The number of nitrogens with zero attached hydrogens (tertiary/aromatic N) is 1. The molecule has 0 bridgehead atoms. The highest BCUT2D eigenvalue weighted by Crippen LogP contribution is 2.26. The summed E-state index contributed by atoms with van der Waals surface area (Å²) in [7, 11) is 0. The zero-order valence-corrected chi connectivity index (χ0v) is 11.8. The van der Waals surface area contributed by atoms with E-state index in [2.05, 4.69) is 0 Å². The number of hydrogen-bond acceptors (Lipinski definition) is 2. The molecule has 0 fully saturated rings. The molecule has 0 amide bonds. The molecule has 0 heterocycles. The number of carbonyl (C=O) groups excluding carboxylic acids is 1. The molecule has 2 aromatic rings. The lowest BCUT2D eigenvalue weighted by Crippen LogP contribution is -2.15. The van der Waals surface area contributed by atoms with Gasteiger partial charge in [-0.25, -0.2) is 8.78 Å². The highest BCUT2D eigenvalue weighted by Gasteiger charge is 2.28. The summed E-state index contributed by atoms with van der Waals surface area (Å²) >= 11 is 5.82. The van der Waals surface area contributed by atoms with Gasteiger partial charge in [0.1, 0.15) is 17.6 Å². The number of ketones is 1. The number of rotatable bonds is 3. The molecule has 0 saturated carbocycles. The Morgan fingerprint density at radius 3 is 2.62 bits per heavy atom. The summed E-state index contributed by atoms with van der Waals surface area (Å²) in [6, 6.07) is 10.1. The highest BCUT2D eigenvalue weighted by atomic mass is 35.5. The Hall–Kier alpha value is -2.25. The van der Waals surface area contributed by atoms with Gasteiger partial charge >= 0.3 is 0 Å². The monoisotopic (exact) mass is 305 g/mol. The van der Waals surface area contributed by atoms with Crippen LogP contribution in [0, 0.1) is 29.9 Å². The molecule has 2 rings (SSSR count). The van der Waals surface area contributed by atoms with Gasteiger partial charge in [0, 0.05) is 5.02 Å². The van der Waals surface area contributed by atoms with Crippen molar-refractivity contribution in [3.8, 4) is 6.07 Å². The van der Waals surface area contributed by atoms with Crippen molar-refractivity contribution < 1.29 is 13.6 Å². The second-order valence-corrected chi connectivity index (χ2v) is 4.97. The van der Waals surface area contributed by atoms with Crippen LogP contribution in [-0.4, -0.2) is 5.78 Å². The number of benzene rings is 2. The first-order chi connectivity index (χ1) is 9.95. The summed E-state index contributed by atoms with van der Waals surface area (Å²) in [5.41, 5.74) is -0.251. The van der Waals surface area contributed by atoms with Gasteiger partial charge in [-0.3, -0.25) is 4.79 Å². The quantitative estimate of drug-likeness (QED) is 0.788. The molecular formula is C16H10ClF2NO. The largest absolute Gasteiger partial charge is 0.292 e. The normalized spacial score (nSPS) is 11.8. The van der Waals surface area contributed by atoms with Crippen molar-refractivity contribution in [2.45, 2.75) is 12.8 Å². The van der Waals surface area contributed by atoms with E-state index in [0.717, 1.165) is 6.07 Å². The van der Waals surface area contributed by atoms with Gasteiger partial charge in [0.25, 0.3) is 0 Å². The topological polar surface area (TPSA) is 40.9 Å². The molecule has 0 N–H and O–H groups in total. The van der Waals surface area contributed by atoms with Crippen molar-refractivity contribution in [2.75, 3.05) is 0 Å². The summed E-state index contributed by atoms with van der Waals surface area (Å²) in [6.45, 7) is 1.42. The summed E-state index contributed by atoms with van der Waals surface area (Å²) in [5, 5.41) is 9.53. The van der Waals surface area contributed by atoms with Crippen LogP contribution >= 0.6 is 11.6 Å². The van der Waals surface area contributed by atoms with Crippen LogP contribution in [0.2, 0.25) is 5.02 Å². The Morgan fingerprint density at radius 2 is 2.00 bits per heavy atom. The highest BCUT2D eigenvalue weighted by molar-refractivity contribution is 6.30. The van der Waals surface area contributed by atoms with Crippen LogP contribution in [-0.2, 0) is 0 Å². The fourth-order valence-corrected chi connectivity index (χ4v) is 2.20. The van der Waals surface area contributed by atoms with Crippen LogP contribution in [0.4, 0.5) is 8.78 Å². The minimum atomic E-state index is -1.31. The third-order valence-electron chi connectivity index (χ3n) is 3.10. The van der Waals surface area contributed by atoms with Crippen molar-refractivity contribution in [2.24, 2.45) is 0 Å². The molecule has 0 radical (unpaired) electrons. The number of carbonyl (C=O) groups is 1. The molecule has 1 atom stereocenters. The van der Waals surface area contributed by atoms with Gasteiger partial charge in [-0.05, 0) is 36.2 Å². The number of nitriles is 1. The SMILES string of the molecule is Cc1ccc(F)c(C(=O)C(C#N)c2cccc(Cl)c2)c1F. The summed E-state index contributed by atoms with van der Waals surface area (Å²) in [6.07, 6.45) is 0. The second kappa shape index (κ2) is 6.02. The van der Waals surface area contributed by atoms with Gasteiger partial charge in [0.05, 0.1) is 11.6 Å². The molecule has 0 aliphatic carbocycles. The van der Waals surface area contributed by atoms with E-state index < -0.39 is 28.9 Å². The minimum Gasteiger partial charge on any atom is -0.292 e. The van der Waals surface area contributed by atoms with E-state index in [1.54, 1.807) is 18.2 Å².